The van der Waals surface area contributed by atoms with Crippen LogP contribution in [-0.2, 0) is 47.7 Å². The van der Waals surface area contributed by atoms with Crippen LogP contribution in [0.25, 0.3) is 0 Å². The number of amides is 2. The second-order valence-corrected chi connectivity index (χ2v) is 38.1. The van der Waals surface area contributed by atoms with Crippen LogP contribution >= 0.6 is 0 Å². The van der Waals surface area contributed by atoms with Gasteiger partial charge in [0.05, 0.1) is 54.9 Å². The molecule has 116 heavy (non-hydrogen) atoms. The molecule has 6 aliphatic heterocycles. The zero-order valence-electron chi connectivity index (χ0n) is 75.6. The molecule has 29 unspecified atom stereocenters. The number of ether oxygens (including phenoxy) is 4. The first kappa shape index (κ1) is 102. The number of ketones is 2. The number of hydrogen-bond donors (Lipinski definition) is 9. The maximum atomic E-state index is 14.2. The first-order valence-electron chi connectivity index (χ1n) is 45.0. The molecule has 0 saturated carbocycles. The molecule has 0 radical (unpaired) electrons. The van der Waals surface area contributed by atoms with E-state index >= 15 is 0 Å². The third kappa shape index (κ3) is 28.7. The summed E-state index contributed by atoms with van der Waals surface area (Å²) in [6.45, 7) is 47.0. The van der Waals surface area contributed by atoms with E-state index in [1.807, 2.05) is 58.9 Å². The van der Waals surface area contributed by atoms with Crippen LogP contribution in [0.4, 0.5) is 0 Å². The Kier molecular flexibility index (Phi) is 41.3. The van der Waals surface area contributed by atoms with Crippen LogP contribution < -0.4 is 0 Å². The van der Waals surface area contributed by atoms with Gasteiger partial charge in [-0.15, -0.1) is 0 Å². The highest BCUT2D eigenvalue weighted by atomic mass is 16.6. The van der Waals surface area contributed by atoms with Crippen molar-refractivity contribution < 1.29 is 93.7 Å². The van der Waals surface area contributed by atoms with E-state index in [-0.39, 0.29) is 86.8 Å². The van der Waals surface area contributed by atoms with Gasteiger partial charge in [0.2, 0.25) is 11.6 Å². The molecule has 0 aromatic rings. The summed E-state index contributed by atoms with van der Waals surface area (Å²) in [5.74, 6) is -9.62. The molecule has 21 heteroatoms. The van der Waals surface area contributed by atoms with Gasteiger partial charge < -0.3 is 74.7 Å². The Morgan fingerprint density at radius 2 is 0.914 bits per heavy atom. The fraction of sp³-hybridized carbons (Fsp3) is 0.811. The lowest BCUT2D eigenvalue weighted by atomic mass is 9.75. The van der Waals surface area contributed by atoms with E-state index in [1.165, 1.54) is 15.4 Å². The number of carbonyl (C=O) groups is 6. The highest BCUT2D eigenvalue weighted by molar-refractivity contribution is 6.39. The van der Waals surface area contributed by atoms with Gasteiger partial charge in [0.25, 0.3) is 23.4 Å². The second-order valence-electron chi connectivity index (χ2n) is 38.1. The summed E-state index contributed by atoms with van der Waals surface area (Å²) in [7, 11) is 0. The van der Waals surface area contributed by atoms with Gasteiger partial charge >= 0.3 is 11.9 Å². The molecule has 0 spiro atoms. The van der Waals surface area contributed by atoms with Crippen molar-refractivity contribution in [3.8, 4) is 0 Å². The average Bonchev–Trinajstić information content (AvgIpc) is 0.779. The summed E-state index contributed by atoms with van der Waals surface area (Å²) in [5, 5.41) is 101. The van der Waals surface area contributed by atoms with E-state index in [0.29, 0.717) is 137 Å². The SMILES string of the molecule is CC/C1=C\CC(/C(C)=C/C(C)C(C)C)OC(=O)C2CCCCN2C(=O)C(=O)C2(O)OC(CCC2C)CC(C)C(C)C(C)CC(C)CC(C)/C(C)=C/C(C)CC(C)C1O.CC/C1=C\CC(/C(C)=C/C(C)C(C)O)OC(=O)C2CCCCN2C(=O)C(=O)C2(O)OC(CCC2C)CC(O)C(C)C(O)CC(O)CC(O)/C(C)=C/C(C)CC(C)C1O. The van der Waals surface area contributed by atoms with Crippen molar-refractivity contribution in [1.29, 1.82) is 0 Å². The minimum Gasteiger partial charge on any atom is -0.456 e. The first-order chi connectivity index (χ1) is 54.2. The third-order valence-corrected chi connectivity index (χ3v) is 27.8. The Morgan fingerprint density at radius 3 is 1.34 bits per heavy atom. The van der Waals surface area contributed by atoms with Crippen LogP contribution in [0.15, 0.2) is 69.9 Å². The highest BCUT2D eigenvalue weighted by Crippen LogP contribution is 2.42. The molecule has 2 amide bonds. The summed E-state index contributed by atoms with van der Waals surface area (Å²) in [6, 6.07) is -2.05. The molecule has 9 N–H and O–H groups in total. The minimum atomic E-state index is -2.52. The molecule has 0 aromatic carbocycles. The Labute approximate surface area is 698 Å². The number of cyclic esters (lactones) is 2. The largest absolute Gasteiger partial charge is 0.456 e. The van der Waals surface area contributed by atoms with E-state index in [0.717, 1.165) is 36.0 Å². The van der Waals surface area contributed by atoms with Gasteiger partial charge in [-0.1, -0.05) is 167 Å². The fourth-order valence-electron chi connectivity index (χ4n) is 18.5. The van der Waals surface area contributed by atoms with Crippen molar-refractivity contribution in [1.82, 2.24) is 9.80 Å². The Morgan fingerprint density at radius 1 is 0.500 bits per heavy atom. The van der Waals surface area contributed by atoms with Crippen LogP contribution in [0.3, 0.4) is 0 Å². The van der Waals surface area contributed by atoms with Gasteiger partial charge in [-0.2, -0.15) is 0 Å². The van der Waals surface area contributed by atoms with Gasteiger partial charge in [0, 0.05) is 56.0 Å². The number of Topliss-reactive ketones (excluding diaryl/α,β-unsaturated/α-hetero) is 2. The Hall–Kier alpha value is -4.78. The highest BCUT2D eigenvalue weighted by Gasteiger charge is 2.55. The molecule has 664 valence electrons. The topological polar surface area (TPSA) is 328 Å². The number of aliphatic hydroxyl groups excluding tert-OH is 7. The monoisotopic (exact) mass is 1630 g/mol. The molecule has 21 nitrogen and oxygen atoms in total. The second kappa shape index (κ2) is 47.0. The maximum Gasteiger partial charge on any atom is 0.329 e. The number of esters is 2. The predicted octanol–water partition coefficient (Wildman–Crippen LogP) is 14.9. The minimum absolute atomic E-state index is 0.0316. The van der Waals surface area contributed by atoms with Gasteiger partial charge in [0.1, 0.15) is 24.3 Å². The molecule has 6 aliphatic rings. The van der Waals surface area contributed by atoms with Crippen molar-refractivity contribution in [2.75, 3.05) is 13.1 Å². The molecule has 6 heterocycles. The molecule has 6 rings (SSSR count). The number of allylic oxidation sites excluding steroid dienone is 4. The number of piperidine rings is 2. The molecular weight excluding hydrogens is 1470 g/mol. The number of nitrogens with zero attached hydrogens (tertiary/aromatic N) is 2. The van der Waals surface area contributed by atoms with Crippen LogP contribution in [0.1, 0.15) is 301 Å². The Bertz CT molecular complexity index is 3120. The molecule has 4 saturated heterocycles. The predicted molar refractivity (Wildman–Crippen MR) is 455 cm³/mol. The zero-order chi connectivity index (χ0) is 87.3. The lowest BCUT2D eigenvalue weighted by Gasteiger charge is -2.43. The molecule has 0 aliphatic carbocycles. The maximum absolute atomic E-state index is 14.2. The van der Waals surface area contributed by atoms with Gasteiger partial charge in [-0.25, -0.2) is 9.59 Å². The van der Waals surface area contributed by atoms with Crippen molar-refractivity contribution in [2.24, 2.45) is 88.8 Å². The number of carbonyl (C=O) groups excluding carboxylic acids is 6. The normalized spacial score (nSPS) is 40.6. The molecular formula is C95H160N2O19. The molecule has 4 bridgehead atoms. The lowest BCUT2D eigenvalue weighted by Crippen LogP contribution is -2.61. The molecule has 4 fully saturated rings. The fourth-order valence-corrected chi connectivity index (χ4v) is 18.5. The number of fused-ring (bicyclic) bond motifs is 6. The summed E-state index contributed by atoms with van der Waals surface area (Å²) in [4.78, 5) is 87.2. The lowest BCUT2D eigenvalue weighted by molar-refractivity contribution is -0.267. The van der Waals surface area contributed by atoms with Gasteiger partial charge in [0.15, 0.2) is 0 Å². The van der Waals surface area contributed by atoms with E-state index in [1.54, 1.807) is 41.5 Å². The standard InChI is InChI=1S/C50H85NO7.C45H75NO12/c1-15-42-20-22-45(38(11)28-33(6)30(2)3)57-49(55)44-18-16-17-23-51(44)48(54)47(53)50(56)40(13)19-21-43(58-50)29-37(10)41(14)36(9)26-31(4)24-34(7)35(8)25-32(5)27-39(12)46(42)52;1-10-33-15-17-40(28(5)21-26(3)32(9)47)57-44(55)36-13-11-12-18-46(36)43(54)42(53)45(56)30(7)14-16-35(58-45)24-39(51)31(8)38(50)23-34(48)22-37(49)27(4)19-25(2)20-29(6)41(33)52/h20,25,28,30-34,36-37,39-41,43-46,52,56H,15-19,21-24,26-27,29H2,1-14H3;15,19,21,25-26,29-32,34-41,47-52,56H,10-14,16-18,20,22-24H2,1-9H3/b35-25+,38-28+,42-20+;27-19+,28-21+,33-15+. The van der Waals surface area contributed by atoms with Crippen molar-refractivity contribution in [3.63, 3.8) is 0 Å². The smallest absolute Gasteiger partial charge is 0.329 e. The first-order valence-corrected chi connectivity index (χ1v) is 45.0. The number of aliphatic hydroxyl groups is 9. The summed E-state index contributed by atoms with van der Waals surface area (Å²) in [6.07, 6.45) is 14.2. The van der Waals surface area contributed by atoms with Crippen molar-refractivity contribution >= 4 is 35.3 Å². The third-order valence-electron chi connectivity index (χ3n) is 27.8. The Balaban J connectivity index is 0.000000414. The van der Waals surface area contributed by atoms with E-state index < -0.39 is 138 Å². The molecule has 29 atom stereocenters. The summed E-state index contributed by atoms with van der Waals surface area (Å²) >= 11 is 0. The number of rotatable bonds is 8. The van der Waals surface area contributed by atoms with Gasteiger partial charge in [-0.3, -0.25) is 19.2 Å². The van der Waals surface area contributed by atoms with E-state index in [4.69, 9.17) is 18.9 Å². The number of hydrogen-bond acceptors (Lipinski definition) is 19. The van der Waals surface area contributed by atoms with Crippen molar-refractivity contribution in [3.05, 3.63) is 69.9 Å². The quantitative estimate of drug-likeness (QED) is 0.0619. The molecule has 0 aromatic heterocycles. The average molecular weight is 1630 g/mol. The van der Waals surface area contributed by atoms with Crippen LogP contribution in [0.2, 0.25) is 0 Å². The van der Waals surface area contributed by atoms with Crippen LogP contribution in [0, 0.1) is 88.8 Å². The summed E-state index contributed by atoms with van der Waals surface area (Å²) < 4.78 is 24.8. The zero-order valence-corrected chi connectivity index (χ0v) is 75.6. The van der Waals surface area contributed by atoms with Crippen molar-refractivity contribution in [2.45, 2.75) is 391 Å². The van der Waals surface area contributed by atoms with Crippen LogP contribution in [-0.4, -0.2) is 195 Å². The summed E-state index contributed by atoms with van der Waals surface area (Å²) in [5.41, 5.74) is 5.33. The van der Waals surface area contributed by atoms with E-state index in [9.17, 15) is 74.7 Å². The van der Waals surface area contributed by atoms with Gasteiger partial charge in [-0.05, 0) is 250 Å². The van der Waals surface area contributed by atoms with Crippen LogP contribution in [0.5, 0.6) is 0 Å². The van der Waals surface area contributed by atoms with E-state index in [2.05, 4.69) is 95.2 Å².